The Balaban J connectivity index is 4.50. The van der Waals surface area contributed by atoms with Gasteiger partial charge in [0.25, 0.3) is 0 Å². The summed E-state index contributed by atoms with van der Waals surface area (Å²) in [5.74, 6) is 0. The molecule has 0 aromatic rings. The van der Waals surface area contributed by atoms with E-state index in [0.29, 0.717) is 0 Å². The molecule has 0 rings (SSSR count). The first-order chi connectivity index (χ1) is 4.50. The molecular formula is C6H9NO2S. The average molecular weight is 159 g/mol. The number of nitriles is 1. The van der Waals surface area contributed by atoms with E-state index in [-0.39, 0.29) is 0 Å². The number of sulfone groups is 1. The molecule has 0 amide bonds. The van der Waals surface area contributed by atoms with Crippen LogP contribution < -0.4 is 0 Å². The zero-order chi connectivity index (χ0) is 8.20. The summed E-state index contributed by atoms with van der Waals surface area (Å²) in [6.07, 6.45) is 0.968. The molecule has 0 aliphatic carbocycles. The van der Waals surface area contributed by atoms with E-state index in [1.165, 1.54) is 0 Å². The van der Waals surface area contributed by atoms with Crippen LogP contribution in [0.15, 0.2) is 11.5 Å². The Hall–Kier alpha value is -0.820. The Morgan fingerprint density at radius 1 is 1.50 bits per heavy atom. The van der Waals surface area contributed by atoms with Gasteiger partial charge in [0.1, 0.15) is 0 Å². The van der Waals surface area contributed by atoms with E-state index in [1.54, 1.807) is 19.9 Å². The van der Waals surface area contributed by atoms with E-state index >= 15 is 0 Å². The molecular weight excluding hydrogens is 150 g/mol. The van der Waals surface area contributed by atoms with Crippen LogP contribution in [0.4, 0.5) is 0 Å². The van der Waals surface area contributed by atoms with Crippen molar-refractivity contribution in [1.82, 2.24) is 0 Å². The van der Waals surface area contributed by atoms with E-state index in [9.17, 15) is 8.42 Å². The van der Waals surface area contributed by atoms with Crippen LogP contribution >= 0.6 is 0 Å². The maximum absolute atomic E-state index is 10.9. The normalized spacial score (nSPS) is 12.2. The van der Waals surface area contributed by atoms with Crippen molar-refractivity contribution in [3.8, 4) is 6.07 Å². The zero-order valence-corrected chi connectivity index (χ0v) is 6.72. The molecule has 0 unspecified atom stereocenters. The van der Waals surface area contributed by atoms with Crippen molar-refractivity contribution in [2.45, 2.75) is 19.1 Å². The maximum atomic E-state index is 10.9. The van der Waals surface area contributed by atoms with Gasteiger partial charge in [-0.15, -0.1) is 0 Å². The monoisotopic (exact) mass is 159 g/mol. The van der Waals surface area contributed by atoms with Crippen molar-refractivity contribution in [3.63, 3.8) is 0 Å². The van der Waals surface area contributed by atoms with Crippen molar-refractivity contribution in [1.29, 1.82) is 5.26 Å². The third kappa shape index (κ3) is 2.65. The van der Waals surface area contributed by atoms with Gasteiger partial charge in [-0.05, 0) is 13.8 Å². The van der Waals surface area contributed by atoms with Gasteiger partial charge in [-0.25, -0.2) is 8.42 Å². The second-order valence-electron chi connectivity index (χ2n) is 2.07. The minimum atomic E-state index is -3.16. The molecule has 0 saturated carbocycles. The van der Waals surface area contributed by atoms with Gasteiger partial charge in [-0.2, -0.15) is 5.26 Å². The van der Waals surface area contributed by atoms with Gasteiger partial charge in [-0.3, -0.25) is 0 Å². The van der Waals surface area contributed by atoms with E-state index in [4.69, 9.17) is 5.26 Å². The molecule has 0 spiro atoms. The Bertz CT molecular complexity index is 256. The van der Waals surface area contributed by atoms with Crippen molar-refractivity contribution < 1.29 is 8.42 Å². The Kier molecular flexibility index (Phi) is 3.10. The van der Waals surface area contributed by atoms with Crippen molar-refractivity contribution >= 4 is 9.84 Å². The highest BCUT2D eigenvalue weighted by Crippen LogP contribution is 2.00. The van der Waals surface area contributed by atoms with Gasteiger partial charge in [-0.1, -0.05) is 0 Å². The average Bonchev–Trinajstić information content (AvgIpc) is 1.84. The van der Waals surface area contributed by atoms with Crippen molar-refractivity contribution in [3.05, 3.63) is 11.5 Å². The molecule has 0 saturated heterocycles. The molecule has 0 N–H and O–H groups in total. The summed E-state index contributed by atoms with van der Waals surface area (Å²) in [4.78, 5) is 0. The van der Waals surface area contributed by atoms with E-state index < -0.39 is 15.1 Å². The predicted octanol–water partition coefficient (Wildman–Crippen LogP) is 0.847. The Labute approximate surface area is 60.9 Å². The van der Waals surface area contributed by atoms with Crippen molar-refractivity contribution in [2.24, 2.45) is 0 Å². The van der Waals surface area contributed by atoms with Crippen LogP contribution in [-0.4, -0.2) is 13.7 Å². The SMILES string of the molecule is CC(C)S(=O)(=O)/C=C/C#N. The lowest BCUT2D eigenvalue weighted by molar-refractivity contribution is 0.596. The molecule has 4 heteroatoms. The van der Waals surface area contributed by atoms with Gasteiger partial charge in [0.15, 0.2) is 9.84 Å². The topological polar surface area (TPSA) is 57.9 Å². The fourth-order valence-corrected chi connectivity index (χ4v) is 0.847. The van der Waals surface area contributed by atoms with Gasteiger partial charge >= 0.3 is 0 Å². The lowest BCUT2D eigenvalue weighted by atomic mass is 10.6. The molecule has 0 aromatic heterocycles. The summed E-state index contributed by atoms with van der Waals surface area (Å²) in [5.41, 5.74) is 0. The van der Waals surface area contributed by atoms with E-state index in [1.807, 2.05) is 0 Å². The van der Waals surface area contributed by atoms with Gasteiger partial charge in [0, 0.05) is 11.5 Å². The maximum Gasteiger partial charge on any atom is 0.174 e. The fourth-order valence-electron chi connectivity index (χ4n) is 0.282. The number of allylic oxidation sites excluding steroid dienone is 1. The first-order valence-electron chi connectivity index (χ1n) is 2.81. The standard InChI is InChI=1S/C6H9NO2S/c1-6(2)10(8,9)5-3-4-7/h3,5-6H,1-2H3/b5-3+. The highest BCUT2D eigenvalue weighted by Gasteiger charge is 2.10. The molecule has 3 nitrogen and oxygen atoms in total. The molecule has 56 valence electrons. The quantitative estimate of drug-likeness (QED) is 0.561. The molecule has 0 fully saturated rings. The van der Waals surface area contributed by atoms with Crippen molar-refractivity contribution in [2.75, 3.05) is 0 Å². The number of hydrogen-bond donors (Lipinski definition) is 0. The zero-order valence-electron chi connectivity index (χ0n) is 5.90. The minimum absolute atomic E-state index is 0.447. The second kappa shape index (κ2) is 3.37. The number of hydrogen-bond acceptors (Lipinski definition) is 3. The Morgan fingerprint density at radius 2 is 2.00 bits per heavy atom. The lowest BCUT2D eigenvalue weighted by Crippen LogP contribution is -2.09. The summed E-state index contributed by atoms with van der Waals surface area (Å²) >= 11 is 0. The molecule has 0 aliphatic heterocycles. The summed E-state index contributed by atoms with van der Waals surface area (Å²) in [6.45, 7) is 3.13. The molecule has 0 bridgehead atoms. The molecule has 0 atom stereocenters. The highest BCUT2D eigenvalue weighted by atomic mass is 32.2. The smallest absolute Gasteiger partial charge is 0.174 e. The molecule has 0 aliphatic rings. The van der Waals surface area contributed by atoms with Gasteiger partial charge < -0.3 is 0 Å². The number of nitrogens with zero attached hydrogens (tertiary/aromatic N) is 1. The van der Waals surface area contributed by atoms with Crippen LogP contribution in [0.25, 0.3) is 0 Å². The number of rotatable bonds is 2. The highest BCUT2D eigenvalue weighted by molar-refractivity contribution is 7.94. The molecule has 0 radical (unpaired) electrons. The van der Waals surface area contributed by atoms with Gasteiger partial charge in [0.2, 0.25) is 0 Å². The fraction of sp³-hybridized carbons (Fsp3) is 0.500. The summed E-state index contributed by atoms with van der Waals surface area (Å²) < 4.78 is 21.7. The van der Waals surface area contributed by atoms with Crippen LogP contribution in [0.3, 0.4) is 0 Å². The summed E-state index contributed by atoms with van der Waals surface area (Å²) in [5, 5.41) is 8.49. The molecule has 0 aromatic carbocycles. The van der Waals surface area contributed by atoms with Gasteiger partial charge in [0.05, 0.1) is 11.3 Å². The molecule has 0 heterocycles. The first-order valence-corrected chi connectivity index (χ1v) is 4.41. The van der Waals surface area contributed by atoms with Crippen LogP contribution in [0.1, 0.15) is 13.8 Å². The van der Waals surface area contributed by atoms with E-state index in [0.717, 1.165) is 11.5 Å². The first kappa shape index (κ1) is 9.18. The van der Waals surface area contributed by atoms with Crippen LogP contribution in [0.5, 0.6) is 0 Å². The van der Waals surface area contributed by atoms with Crippen LogP contribution in [0, 0.1) is 11.3 Å². The van der Waals surface area contributed by atoms with E-state index in [2.05, 4.69) is 0 Å². The summed E-state index contributed by atoms with van der Waals surface area (Å²) in [7, 11) is -3.16. The third-order valence-corrected chi connectivity index (χ3v) is 2.82. The third-order valence-electron chi connectivity index (χ3n) is 0.989. The van der Waals surface area contributed by atoms with Crippen LogP contribution in [0.2, 0.25) is 0 Å². The predicted molar refractivity (Wildman–Crippen MR) is 38.8 cm³/mol. The minimum Gasteiger partial charge on any atom is -0.224 e. The Morgan fingerprint density at radius 3 is 2.30 bits per heavy atom. The molecule has 10 heavy (non-hydrogen) atoms. The lowest BCUT2D eigenvalue weighted by Gasteiger charge is -1.98. The summed E-state index contributed by atoms with van der Waals surface area (Å²) in [6, 6.07) is 1.62. The second-order valence-corrected chi connectivity index (χ2v) is 4.46. The largest absolute Gasteiger partial charge is 0.224 e. The van der Waals surface area contributed by atoms with Crippen LogP contribution in [-0.2, 0) is 9.84 Å².